The van der Waals surface area contributed by atoms with Crippen LogP contribution in [-0.2, 0) is 6.54 Å². The topological polar surface area (TPSA) is 32.3 Å². The summed E-state index contributed by atoms with van der Waals surface area (Å²) < 4.78 is 0.850. The van der Waals surface area contributed by atoms with Crippen molar-refractivity contribution >= 4 is 22.9 Å². The van der Waals surface area contributed by atoms with E-state index >= 15 is 0 Å². The highest BCUT2D eigenvalue weighted by molar-refractivity contribution is 7.16. The summed E-state index contributed by atoms with van der Waals surface area (Å²) in [6.45, 7) is 1.90. The molecule has 1 aliphatic rings. The minimum absolute atomic E-state index is 0.0621. The number of aliphatic hydroxyl groups excluding tert-OH is 1. The van der Waals surface area contributed by atoms with Crippen molar-refractivity contribution in [2.24, 2.45) is 5.92 Å². The normalized spacial score (nSPS) is 26.0. The van der Waals surface area contributed by atoms with Crippen LogP contribution in [0.2, 0.25) is 4.34 Å². The molecule has 2 rings (SSSR count). The fourth-order valence-electron chi connectivity index (χ4n) is 2.08. The number of thiophene rings is 1. The third-order valence-corrected chi connectivity index (χ3v) is 4.11. The fourth-order valence-corrected chi connectivity index (χ4v) is 3.14. The second-order valence-corrected chi connectivity index (χ2v) is 5.97. The summed E-state index contributed by atoms with van der Waals surface area (Å²) in [5, 5.41) is 12.8. The molecule has 0 bridgehead atoms. The molecule has 2 atom stereocenters. The van der Waals surface area contributed by atoms with Crippen LogP contribution in [0.15, 0.2) is 12.1 Å². The number of halogens is 1. The van der Waals surface area contributed by atoms with Gasteiger partial charge >= 0.3 is 0 Å². The van der Waals surface area contributed by atoms with E-state index in [1.165, 1.54) is 4.88 Å². The van der Waals surface area contributed by atoms with Crippen molar-refractivity contribution in [3.63, 3.8) is 0 Å². The SMILES string of the molecule is OC1CCC(CNCc2ccc(Cl)s2)C1. The summed E-state index contributed by atoms with van der Waals surface area (Å²) in [5.41, 5.74) is 0. The van der Waals surface area contributed by atoms with Crippen molar-refractivity contribution in [1.29, 1.82) is 0 Å². The zero-order chi connectivity index (χ0) is 10.7. The van der Waals surface area contributed by atoms with Crippen molar-refractivity contribution in [3.8, 4) is 0 Å². The van der Waals surface area contributed by atoms with E-state index in [1.54, 1.807) is 11.3 Å². The van der Waals surface area contributed by atoms with Crippen molar-refractivity contribution in [3.05, 3.63) is 21.3 Å². The van der Waals surface area contributed by atoms with Gasteiger partial charge in [0, 0.05) is 11.4 Å². The molecule has 0 aromatic carbocycles. The van der Waals surface area contributed by atoms with Crippen LogP contribution in [-0.4, -0.2) is 17.8 Å². The molecule has 0 aliphatic heterocycles. The molecule has 4 heteroatoms. The molecule has 1 fully saturated rings. The maximum Gasteiger partial charge on any atom is 0.0931 e. The van der Waals surface area contributed by atoms with E-state index < -0.39 is 0 Å². The van der Waals surface area contributed by atoms with Gasteiger partial charge in [-0.3, -0.25) is 0 Å². The quantitative estimate of drug-likeness (QED) is 0.855. The summed E-state index contributed by atoms with van der Waals surface area (Å²) in [5.74, 6) is 0.649. The Morgan fingerprint density at radius 2 is 2.33 bits per heavy atom. The van der Waals surface area contributed by atoms with Crippen molar-refractivity contribution in [1.82, 2.24) is 5.32 Å². The zero-order valence-electron chi connectivity index (χ0n) is 8.58. The smallest absolute Gasteiger partial charge is 0.0931 e. The first-order valence-corrected chi connectivity index (χ1v) is 6.56. The van der Waals surface area contributed by atoms with E-state index in [0.717, 1.165) is 36.7 Å². The van der Waals surface area contributed by atoms with Gasteiger partial charge in [0.05, 0.1) is 10.4 Å². The Balaban J connectivity index is 1.67. The van der Waals surface area contributed by atoms with Gasteiger partial charge in [-0.25, -0.2) is 0 Å². The Kier molecular flexibility index (Phi) is 4.03. The van der Waals surface area contributed by atoms with E-state index in [4.69, 9.17) is 11.6 Å². The van der Waals surface area contributed by atoms with Gasteiger partial charge in [0.2, 0.25) is 0 Å². The standard InChI is InChI=1S/C11H16ClNOS/c12-11-4-3-10(15-11)7-13-6-8-1-2-9(14)5-8/h3-4,8-9,13-14H,1-2,5-7H2. The average molecular weight is 246 g/mol. The summed E-state index contributed by atoms with van der Waals surface area (Å²) in [7, 11) is 0. The molecule has 0 amide bonds. The van der Waals surface area contributed by atoms with Crippen LogP contribution in [0.1, 0.15) is 24.1 Å². The molecule has 1 saturated carbocycles. The maximum atomic E-state index is 9.38. The monoisotopic (exact) mass is 245 g/mol. The van der Waals surface area contributed by atoms with Crippen LogP contribution >= 0.6 is 22.9 Å². The molecule has 1 aromatic heterocycles. The molecule has 0 spiro atoms. The van der Waals surface area contributed by atoms with Gasteiger partial charge in [0.1, 0.15) is 0 Å². The second kappa shape index (κ2) is 5.30. The maximum absolute atomic E-state index is 9.38. The molecule has 2 nitrogen and oxygen atoms in total. The highest BCUT2D eigenvalue weighted by Crippen LogP contribution is 2.25. The number of hydrogen-bond acceptors (Lipinski definition) is 3. The lowest BCUT2D eigenvalue weighted by atomic mass is 10.1. The summed E-state index contributed by atoms with van der Waals surface area (Å²) in [6, 6.07) is 3.99. The Labute approximate surface area is 99.3 Å². The van der Waals surface area contributed by atoms with Crippen LogP contribution in [0.3, 0.4) is 0 Å². The summed E-state index contributed by atoms with van der Waals surface area (Å²) in [4.78, 5) is 1.28. The summed E-state index contributed by atoms with van der Waals surface area (Å²) in [6.07, 6.45) is 3.02. The van der Waals surface area contributed by atoms with E-state index in [2.05, 4.69) is 11.4 Å². The van der Waals surface area contributed by atoms with Gasteiger partial charge in [-0.2, -0.15) is 0 Å². The number of rotatable bonds is 4. The third kappa shape index (κ3) is 3.45. The van der Waals surface area contributed by atoms with Gasteiger partial charge in [-0.15, -0.1) is 11.3 Å². The Bertz CT molecular complexity index is 315. The largest absolute Gasteiger partial charge is 0.393 e. The molecule has 2 unspecified atom stereocenters. The second-order valence-electron chi connectivity index (χ2n) is 4.17. The average Bonchev–Trinajstić information content (AvgIpc) is 2.76. The van der Waals surface area contributed by atoms with Crippen molar-refractivity contribution in [2.45, 2.75) is 31.9 Å². The first kappa shape index (κ1) is 11.4. The highest BCUT2D eigenvalue weighted by atomic mass is 35.5. The van der Waals surface area contributed by atoms with Crippen LogP contribution in [0.4, 0.5) is 0 Å². The molecule has 15 heavy (non-hydrogen) atoms. The van der Waals surface area contributed by atoms with Gasteiger partial charge in [-0.05, 0) is 43.9 Å². The first-order chi connectivity index (χ1) is 7.24. The molecular weight excluding hydrogens is 230 g/mol. The lowest BCUT2D eigenvalue weighted by Crippen LogP contribution is -2.20. The molecule has 1 aliphatic carbocycles. The lowest BCUT2D eigenvalue weighted by Gasteiger charge is -2.09. The Hall–Kier alpha value is -0.0900. The molecule has 1 aromatic rings. The highest BCUT2D eigenvalue weighted by Gasteiger charge is 2.21. The van der Waals surface area contributed by atoms with E-state index in [9.17, 15) is 5.11 Å². The van der Waals surface area contributed by atoms with Gasteiger partial charge in [-0.1, -0.05) is 11.6 Å². The first-order valence-electron chi connectivity index (χ1n) is 5.37. The molecule has 1 heterocycles. The Morgan fingerprint density at radius 1 is 1.47 bits per heavy atom. The number of aliphatic hydroxyl groups is 1. The minimum Gasteiger partial charge on any atom is -0.393 e. The van der Waals surface area contributed by atoms with Crippen LogP contribution in [0.25, 0.3) is 0 Å². The number of hydrogen-bond donors (Lipinski definition) is 2. The van der Waals surface area contributed by atoms with E-state index in [0.29, 0.717) is 5.92 Å². The van der Waals surface area contributed by atoms with Crippen molar-refractivity contribution < 1.29 is 5.11 Å². The number of nitrogens with one attached hydrogen (secondary N) is 1. The molecule has 0 radical (unpaired) electrons. The third-order valence-electron chi connectivity index (χ3n) is 2.87. The van der Waals surface area contributed by atoms with Crippen LogP contribution in [0, 0.1) is 5.92 Å². The fraction of sp³-hybridized carbons (Fsp3) is 0.636. The van der Waals surface area contributed by atoms with E-state index in [1.807, 2.05) is 6.07 Å². The molecule has 0 saturated heterocycles. The molecule has 2 N–H and O–H groups in total. The van der Waals surface area contributed by atoms with Crippen LogP contribution in [0.5, 0.6) is 0 Å². The predicted octanol–water partition coefficient (Wildman–Crippen LogP) is 2.65. The summed E-state index contributed by atoms with van der Waals surface area (Å²) >= 11 is 7.47. The lowest BCUT2D eigenvalue weighted by molar-refractivity contribution is 0.177. The van der Waals surface area contributed by atoms with Gasteiger partial charge < -0.3 is 10.4 Å². The molecular formula is C11H16ClNOS. The zero-order valence-corrected chi connectivity index (χ0v) is 10.2. The molecule has 84 valence electrons. The Morgan fingerprint density at radius 3 is 2.93 bits per heavy atom. The minimum atomic E-state index is -0.0621. The van der Waals surface area contributed by atoms with Gasteiger partial charge in [0.15, 0.2) is 0 Å². The van der Waals surface area contributed by atoms with Crippen LogP contribution < -0.4 is 5.32 Å². The van der Waals surface area contributed by atoms with E-state index in [-0.39, 0.29) is 6.10 Å². The predicted molar refractivity (Wildman–Crippen MR) is 64.4 cm³/mol. The van der Waals surface area contributed by atoms with Gasteiger partial charge in [0.25, 0.3) is 0 Å². The van der Waals surface area contributed by atoms with Crippen molar-refractivity contribution in [2.75, 3.05) is 6.54 Å².